The van der Waals surface area contributed by atoms with Crippen molar-refractivity contribution in [2.24, 2.45) is 4.99 Å². The third-order valence-electron chi connectivity index (χ3n) is 3.80. The Balaban J connectivity index is 2.43. The van der Waals surface area contributed by atoms with Crippen LogP contribution in [0.15, 0.2) is 41.4 Å². The van der Waals surface area contributed by atoms with Crippen LogP contribution in [0, 0.1) is 12.3 Å². The average molecular weight is 326 g/mol. The third-order valence-corrected chi connectivity index (χ3v) is 3.80. The SMILES string of the molecule is CNc1cnc(C)c(C2=N/C(=C/C=N)NCCCCCN\C=C\2)c1. The Morgan fingerprint density at radius 2 is 2.08 bits per heavy atom. The number of anilines is 1. The molecule has 0 bridgehead atoms. The highest BCUT2D eigenvalue weighted by atomic mass is 15.0. The zero-order valence-electron chi connectivity index (χ0n) is 14.4. The minimum Gasteiger partial charge on any atom is -0.391 e. The van der Waals surface area contributed by atoms with Crippen molar-refractivity contribution in [1.29, 1.82) is 5.41 Å². The van der Waals surface area contributed by atoms with Gasteiger partial charge < -0.3 is 21.4 Å². The molecule has 0 radical (unpaired) electrons. The quantitative estimate of drug-likeness (QED) is 0.643. The van der Waals surface area contributed by atoms with Gasteiger partial charge in [0.25, 0.3) is 0 Å². The van der Waals surface area contributed by atoms with Gasteiger partial charge in [0.2, 0.25) is 0 Å². The first-order valence-corrected chi connectivity index (χ1v) is 8.32. The Hall–Kier alpha value is -2.63. The minimum atomic E-state index is 0.694. The Morgan fingerprint density at radius 3 is 2.88 bits per heavy atom. The van der Waals surface area contributed by atoms with E-state index in [9.17, 15) is 0 Å². The van der Waals surface area contributed by atoms with Crippen LogP contribution in [0.3, 0.4) is 0 Å². The molecule has 0 spiro atoms. The van der Waals surface area contributed by atoms with Crippen molar-refractivity contribution in [2.75, 3.05) is 25.5 Å². The summed E-state index contributed by atoms with van der Waals surface area (Å²) >= 11 is 0. The van der Waals surface area contributed by atoms with Crippen LogP contribution in [0.5, 0.6) is 0 Å². The van der Waals surface area contributed by atoms with E-state index in [-0.39, 0.29) is 0 Å². The van der Waals surface area contributed by atoms with E-state index in [1.54, 1.807) is 6.08 Å². The van der Waals surface area contributed by atoms with Crippen molar-refractivity contribution >= 4 is 17.6 Å². The molecule has 2 heterocycles. The van der Waals surface area contributed by atoms with E-state index in [0.29, 0.717) is 5.82 Å². The smallest absolute Gasteiger partial charge is 0.128 e. The summed E-state index contributed by atoms with van der Waals surface area (Å²) in [6.45, 7) is 3.79. The van der Waals surface area contributed by atoms with E-state index in [1.807, 2.05) is 38.5 Å². The monoisotopic (exact) mass is 326 g/mol. The third kappa shape index (κ3) is 5.22. The molecular weight excluding hydrogens is 300 g/mol. The van der Waals surface area contributed by atoms with E-state index < -0.39 is 0 Å². The number of nitrogens with zero attached hydrogens (tertiary/aromatic N) is 2. The topological polar surface area (TPSA) is 85.2 Å². The number of aryl methyl sites for hydroxylation is 1. The van der Waals surface area contributed by atoms with Gasteiger partial charge in [0.15, 0.2) is 0 Å². The molecule has 0 atom stereocenters. The maximum Gasteiger partial charge on any atom is 0.128 e. The lowest BCUT2D eigenvalue weighted by atomic mass is 10.1. The fraction of sp³-hybridized carbons (Fsp3) is 0.389. The molecule has 4 N–H and O–H groups in total. The lowest BCUT2D eigenvalue weighted by Gasteiger charge is -2.12. The van der Waals surface area contributed by atoms with Crippen LogP contribution >= 0.6 is 0 Å². The second-order valence-electron chi connectivity index (χ2n) is 5.60. The zero-order valence-corrected chi connectivity index (χ0v) is 14.4. The Kier molecular flexibility index (Phi) is 7.01. The van der Waals surface area contributed by atoms with E-state index in [4.69, 9.17) is 10.4 Å². The lowest BCUT2D eigenvalue weighted by molar-refractivity contribution is 0.626. The second kappa shape index (κ2) is 9.50. The van der Waals surface area contributed by atoms with Gasteiger partial charge in [0.1, 0.15) is 5.82 Å². The molecule has 128 valence electrons. The summed E-state index contributed by atoms with van der Waals surface area (Å²) < 4.78 is 0. The van der Waals surface area contributed by atoms with Gasteiger partial charge in [-0.05, 0) is 50.6 Å². The average Bonchev–Trinajstić information content (AvgIpc) is 2.58. The van der Waals surface area contributed by atoms with Gasteiger partial charge in [-0.1, -0.05) is 0 Å². The first-order valence-electron chi connectivity index (χ1n) is 8.32. The number of rotatable bonds is 3. The van der Waals surface area contributed by atoms with Crippen LogP contribution in [-0.4, -0.2) is 37.0 Å². The van der Waals surface area contributed by atoms with Crippen LogP contribution in [0.4, 0.5) is 5.69 Å². The van der Waals surface area contributed by atoms with Crippen molar-refractivity contribution in [3.8, 4) is 0 Å². The largest absolute Gasteiger partial charge is 0.391 e. The predicted molar refractivity (Wildman–Crippen MR) is 101 cm³/mol. The molecule has 2 rings (SSSR count). The molecule has 24 heavy (non-hydrogen) atoms. The number of hydrogen-bond acceptors (Lipinski definition) is 6. The van der Waals surface area contributed by atoms with Crippen LogP contribution in [0.1, 0.15) is 30.5 Å². The zero-order chi connectivity index (χ0) is 17.2. The molecule has 1 aliphatic heterocycles. The summed E-state index contributed by atoms with van der Waals surface area (Å²) in [7, 11) is 1.87. The maximum atomic E-state index is 7.35. The standard InChI is InChI=1S/C18H26N6/c1-14-16(12-15(20-2)13-23-14)17-7-11-21-9-4-3-5-10-22-18(24-17)6-8-19/h6-8,11-13,19-22H,3-5,9-10H2,1-2H3/b11-7+,18-6+,19-8?,24-17+. The van der Waals surface area contributed by atoms with Crippen molar-refractivity contribution in [3.63, 3.8) is 0 Å². The molecule has 0 saturated carbocycles. The Bertz CT molecular complexity index is 645. The highest BCUT2D eigenvalue weighted by Gasteiger charge is 2.08. The fourth-order valence-electron chi connectivity index (χ4n) is 2.43. The highest BCUT2D eigenvalue weighted by molar-refractivity contribution is 6.10. The summed E-state index contributed by atoms with van der Waals surface area (Å²) in [6, 6.07) is 2.04. The van der Waals surface area contributed by atoms with Crippen LogP contribution in [0.2, 0.25) is 0 Å². The Morgan fingerprint density at radius 1 is 1.25 bits per heavy atom. The van der Waals surface area contributed by atoms with Crippen LogP contribution in [0.25, 0.3) is 0 Å². The molecule has 0 fully saturated rings. The molecule has 0 unspecified atom stereocenters. The van der Waals surface area contributed by atoms with Gasteiger partial charge in [-0.15, -0.1) is 0 Å². The van der Waals surface area contributed by atoms with E-state index >= 15 is 0 Å². The molecule has 1 aliphatic rings. The highest BCUT2D eigenvalue weighted by Crippen LogP contribution is 2.15. The maximum absolute atomic E-state index is 7.35. The van der Waals surface area contributed by atoms with Crippen LogP contribution in [-0.2, 0) is 0 Å². The molecule has 6 nitrogen and oxygen atoms in total. The second-order valence-corrected chi connectivity index (χ2v) is 5.60. The molecule has 0 saturated heterocycles. The number of hydrogen-bond donors (Lipinski definition) is 4. The summed E-state index contributed by atoms with van der Waals surface area (Å²) in [5, 5.41) is 17.1. The summed E-state index contributed by atoms with van der Waals surface area (Å²) in [6.07, 6.45) is 12.0. The number of pyridine rings is 1. The van der Waals surface area contributed by atoms with E-state index in [2.05, 4.69) is 20.9 Å². The van der Waals surface area contributed by atoms with Gasteiger partial charge in [-0.25, -0.2) is 4.99 Å². The summed E-state index contributed by atoms with van der Waals surface area (Å²) in [4.78, 5) is 9.17. The Labute approximate surface area is 143 Å². The van der Waals surface area contributed by atoms with Crippen molar-refractivity contribution in [1.82, 2.24) is 15.6 Å². The van der Waals surface area contributed by atoms with Gasteiger partial charge in [-0.2, -0.15) is 0 Å². The normalized spacial score (nSPS) is 21.2. The van der Waals surface area contributed by atoms with Crippen molar-refractivity contribution in [2.45, 2.75) is 26.2 Å². The molecule has 0 amide bonds. The molecular formula is C18H26N6. The number of aromatic nitrogens is 1. The molecule has 6 heteroatoms. The lowest BCUT2D eigenvalue weighted by Crippen LogP contribution is -2.17. The van der Waals surface area contributed by atoms with E-state index in [0.717, 1.165) is 55.0 Å². The molecule has 0 aromatic carbocycles. The number of nitrogens with one attached hydrogen (secondary N) is 4. The summed E-state index contributed by atoms with van der Waals surface area (Å²) in [5.41, 5.74) is 3.63. The molecule has 1 aromatic rings. The van der Waals surface area contributed by atoms with Crippen LogP contribution < -0.4 is 16.0 Å². The van der Waals surface area contributed by atoms with Crippen molar-refractivity contribution < 1.29 is 0 Å². The van der Waals surface area contributed by atoms with Crippen molar-refractivity contribution in [3.05, 3.63) is 47.7 Å². The fourth-order valence-corrected chi connectivity index (χ4v) is 2.43. The first-order chi connectivity index (χ1) is 11.7. The van der Waals surface area contributed by atoms with Gasteiger partial charge in [0.05, 0.1) is 17.6 Å². The number of aliphatic imine (C=N–C) groups is 1. The predicted octanol–water partition coefficient (Wildman–Crippen LogP) is 2.59. The van der Waals surface area contributed by atoms with E-state index in [1.165, 1.54) is 6.21 Å². The van der Waals surface area contributed by atoms with Gasteiger partial charge in [0, 0.05) is 37.6 Å². The molecule has 1 aromatic heterocycles. The van der Waals surface area contributed by atoms with Gasteiger partial charge in [-0.3, -0.25) is 4.98 Å². The molecule has 0 aliphatic carbocycles. The minimum absolute atomic E-state index is 0.694. The summed E-state index contributed by atoms with van der Waals surface area (Å²) in [5.74, 6) is 0.694. The van der Waals surface area contributed by atoms with Gasteiger partial charge >= 0.3 is 0 Å². The number of allylic oxidation sites excluding steroid dienone is 2. The first kappa shape index (κ1) is 17.7.